The van der Waals surface area contributed by atoms with Gasteiger partial charge in [0.2, 0.25) is 0 Å². The summed E-state index contributed by atoms with van der Waals surface area (Å²) in [6, 6.07) is 18.0. The van der Waals surface area contributed by atoms with Gasteiger partial charge in [-0.15, -0.1) is 10.2 Å². The third-order valence-electron chi connectivity index (χ3n) is 4.64. The molecule has 0 aliphatic heterocycles. The lowest BCUT2D eigenvalue weighted by Gasteiger charge is -2.12. The molecule has 0 aliphatic rings. The Morgan fingerprint density at radius 1 is 0.923 bits per heavy atom. The summed E-state index contributed by atoms with van der Waals surface area (Å²) in [4.78, 5) is 0. The van der Waals surface area contributed by atoms with Gasteiger partial charge in [-0.1, -0.05) is 48.0 Å². The summed E-state index contributed by atoms with van der Waals surface area (Å²) < 4.78 is 7.72. The second-order valence-electron chi connectivity index (χ2n) is 6.23. The van der Waals surface area contributed by atoms with Crippen molar-refractivity contribution < 1.29 is 4.74 Å². The minimum Gasteiger partial charge on any atom is -0.495 e. The molecule has 4 aromatic rings. The van der Waals surface area contributed by atoms with Crippen LogP contribution in [0.25, 0.3) is 33.5 Å². The quantitative estimate of drug-likeness (QED) is 0.497. The molecular formula is C21H18ClN3O. The molecule has 0 spiro atoms. The van der Waals surface area contributed by atoms with E-state index in [9.17, 15) is 0 Å². The minimum atomic E-state index is 0.673. The van der Waals surface area contributed by atoms with Gasteiger partial charge >= 0.3 is 0 Å². The number of hydrogen-bond donors (Lipinski definition) is 0. The van der Waals surface area contributed by atoms with Gasteiger partial charge in [-0.3, -0.25) is 0 Å². The maximum absolute atomic E-state index is 6.19. The number of benzene rings is 3. The van der Waals surface area contributed by atoms with E-state index in [0.29, 0.717) is 5.02 Å². The maximum atomic E-state index is 6.19. The van der Waals surface area contributed by atoms with Crippen molar-refractivity contribution in [1.29, 1.82) is 0 Å². The first kappa shape index (κ1) is 16.6. The Morgan fingerprint density at radius 2 is 1.62 bits per heavy atom. The SMILES string of the molecule is COc1c(-c2nnc(-c3ccccc3C)n2C)ccc2ccc(Cl)cc12. The van der Waals surface area contributed by atoms with Crippen LogP contribution in [0.4, 0.5) is 0 Å². The van der Waals surface area contributed by atoms with Gasteiger partial charge in [-0.25, -0.2) is 0 Å². The molecule has 0 N–H and O–H groups in total. The molecule has 0 radical (unpaired) electrons. The molecule has 0 saturated heterocycles. The van der Waals surface area contributed by atoms with E-state index in [0.717, 1.165) is 44.9 Å². The lowest BCUT2D eigenvalue weighted by Crippen LogP contribution is -1.99. The average Bonchev–Trinajstić information content (AvgIpc) is 3.02. The predicted molar refractivity (Wildman–Crippen MR) is 106 cm³/mol. The van der Waals surface area contributed by atoms with Crippen LogP contribution in [0.3, 0.4) is 0 Å². The van der Waals surface area contributed by atoms with Crippen LogP contribution in [0.1, 0.15) is 5.56 Å². The first-order valence-electron chi connectivity index (χ1n) is 8.32. The first-order chi connectivity index (χ1) is 12.6. The average molecular weight is 364 g/mol. The van der Waals surface area contributed by atoms with Gasteiger partial charge in [0, 0.05) is 23.0 Å². The van der Waals surface area contributed by atoms with Crippen LogP contribution in [-0.2, 0) is 7.05 Å². The third-order valence-corrected chi connectivity index (χ3v) is 4.88. The van der Waals surface area contributed by atoms with Crippen molar-refractivity contribution in [3.8, 4) is 28.5 Å². The molecule has 3 aromatic carbocycles. The monoisotopic (exact) mass is 363 g/mol. The van der Waals surface area contributed by atoms with E-state index >= 15 is 0 Å². The lowest BCUT2D eigenvalue weighted by atomic mass is 10.0. The zero-order valence-electron chi connectivity index (χ0n) is 14.8. The standard InChI is InChI=1S/C21H18ClN3O/c1-13-6-4-5-7-16(13)20-23-24-21(25(20)2)17-11-9-14-8-10-15(22)12-18(14)19(17)26-3/h4-12H,1-3H3. The zero-order valence-corrected chi connectivity index (χ0v) is 15.6. The number of rotatable bonds is 3. The van der Waals surface area contributed by atoms with E-state index < -0.39 is 0 Å². The molecule has 4 nitrogen and oxygen atoms in total. The van der Waals surface area contributed by atoms with Gasteiger partial charge in [0.05, 0.1) is 12.7 Å². The molecule has 0 amide bonds. The van der Waals surface area contributed by atoms with Crippen LogP contribution in [0.15, 0.2) is 54.6 Å². The highest BCUT2D eigenvalue weighted by Gasteiger charge is 2.18. The van der Waals surface area contributed by atoms with E-state index in [4.69, 9.17) is 16.3 Å². The van der Waals surface area contributed by atoms with Gasteiger partial charge in [0.1, 0.15) is 5.75 Å². The number of ether oxygens (including phenoxy) is 1. The molecule has 26 heavy (non-hydrogen) atoms. The lowest BCUT2D eigenvalue weighted by molar-refractivity contribution is 0.421. The molecule has 0 saturated carbocycles. The maximum Gasteiger partial charge on any atom is 0.167 e. The summed E-state index contributed by atoms with van der Waals surface area (Å²) in [6.45, 7) is 2.07. The number of aromatic nitrogens is 3. The summed E-state index contributed by atoms with van der Waals surface area (Å²) >= 11 is 6.19. The highest BCUT2D eigenvalue weighted by atomic mass is 35.5. The number of fused-ring (bicyclic) bond motifs is 1. The number of methoxy groups -OCH3 is 1. The van der Waals surface area contributed by atoms with E-state index in [2.05, 4.69) is 29.3 Å². The molecule has 1 heterocycles. The Kier molecular flexibility index (Phi) is 4.13. The van der Waals surface area contributed by atoms with Crippen LogP contribution in [0.5, 0.6) is 5.75 Å². The molecular weight excluding hydrogens is 346 g/mol. The zero-order chi connectivity index (χ0) is 18.3. The Balaban J connectivity index is 1.93. The van der Waals surface area contributed by atoms with Gasteiger partial charge in [-0.05, 0) is 36.1 Å². The third kappa shape index (κ3) is 2.63. The van der Waals surface area contributed by atoms with Crippen LogP contribution < -0.4 is 4.74 Å². The van der Waals surface area contributed by atoms with Crippen LogP contribution in [0.2, 0.25) is 5.02 Å². The smallest absolute Gasteiger partial charge is 0.167 e. The molecule has 0 unspecified atom stereocenters. The first-order valence-corrected chi connectivity index (χ1v) is 8.70. The van der Waals surface area contributed by atoms with E-state index in [-0.39, 0.29) is 0 Å². The normalized spacial score (nSPS) is 11.1. The van der Waals surface area contributed by atoms with Crippen LogP contribution >= 0.6 is 11.6 Å². The van der Waals surface area contributed by atoms with Crippen molar-refractivity contribution in [3.05, 3.63) is 65.2 Å². The summed E-state index contributed by atoms with van der Waals surface area (Å²) in [5, 5.41) is 11.6. The van der Waals surface area contributed by atoms with Crippen molar-refractivity contribution in [2.45, 2.75) is 6.92 Å². The Labute approximate surface area is 157 Å². The van der Waals surface area contributed by atoms with Crippen molar-refractivity contribution >= 4 is 22.4 Å². The highest BCUT2D eigenvalue weighted by Crippen LogP contribution is 2.38. The minimum absolute atomic E-state index is 0.673. The fourth-order valence-electron chi connectivity index (χ4n) is 3.28. The second kappa shape index (κ2) is 6.46. The number of nitrogens with zero attached hydrogens (tertiary/aromatic N) is 3. The second-order valence-corrected chi connectivity index (χ2v) is 6.67. The van der Waals surface area contributed by atoms with E-state index in [1.165, 1.54) is 0 Å². The summed E-state index contributed by atoms with van der Waals surface area (Å²) in [5.41, 5.74) is 3.11. The van der Waals surface area contributed by atoms with Crippen molar-refractivity contribution in [1.82, 2.24) is 14.8 Å². The molecule has 0 fully saturated rings. The van der Waals surface area contributed by atoms with Crippen LogP contribution in [-0.4, -0.2) is 21.9 Å². The number of halogens is 1. The highest BCUT2D eigenvalue weighted by molar-refractivity contribution is 6.31. The van der Waals surface area contributed by atoms with Gasteiger partial charge in [-0.2, -0.15) is 0 Å². The van der Waals surface area contributed by atoms with E-state index in [1.807, 2.05) is 54.1 Å². The van der Waals surface area contributed by atoms with Crippen molar-refractivity contribution in [2.24, 2.45) is 7.05 Å². The molecule has 1 aromatic heterocycles. The van der Waals surface area contributed by atoms with Crippen molar-refractivity contribution in [2.75, 3.05) is 7.11 Å². The Bertz CT molecular complexity index is 1120. The summed E-state index contributed by atoms with van der Waals surface area (Å²) in [6.07, 6.45) is 0. The topological polar surface area (TPSA) is 39.9 Å². The molecule has 5 heteroatoms. The fourth-order valence-corrected chi connectivity index (χ4v) is 3.45. The summed E-state index contributed by atoms with van der Waals surface area (Å²) in [5.74, 6) is 2.32. The predicted octanol–water partition coefficient (Wildman–Crippen LogP) is 5.27. The number of aryl methyl sites for hydroxylation is 1. The fraction of sp³-hybridized carbons (Fsp3) is 0.143. The van der Waals surface area contributed by atoms with E-state index in [1.54, 1.807) is 7.11 Å². The molecule has 0 atom stereocenters. The number of hydrogen-bond acceptors (Lipinski definition) is 3. The van der Waals surface area contributed by atoms with Gasteiger partial charge in [0.15, 0.2) is 11.6 Å². The molecule has 0 aliphatic carbocycles. The summed E-state index contributed by atoms with van der Waals surface area (Å²) in [7, 11) is 3.64. The Morgan fingerprint density at radius 3 is 2.35 bits per heavy atom. The largest absolute Gasteiger partial charge is 0.495 e. The molecule has 4 rings (SSSR count). The molecule has 130 valence electrons. The molecule has 0 bridgehead atoms. The van der Waals surface area contributed by atoms with Gasteiger partial charge in [0.25, 0.3) is 0 Å². The van der Waals surface area contributed by atoms with Crippen LogP contribution in [0, 0.1) is 6.92 Å². The Hall–Kier alpha value is -2.85. The van der Waals surface area contributed by atoms with Crippen molar-refractivity contribution in [3.63, 3.8) is 0 Å². The van der Waals surface area contributed by atoms with Gasteiger partial charge < -0.3 is 9.30 Å².